The van der Waals surface area contributed by atoms with Gasteiger partial charge in [-0.15, -0.1) is 0 Å². The van der Waals surface area contributed by atoms with E-state index >= 15 is 0 Å². The van der Waals surface area contributed by atoms with Crippen LogP contribution in [0.5, 0.6) is 0 Å². The smallest absolute Gasteiger partial charge is 0.303 e. The third-order valence-electron chi connectivity index (χ3n) is 17.1. The Labute approximate surface area is 300 Å². The van der Waals surface area contributed by atoms with Crippen LogP contribution in [0.1, 0.15) is 107 Å². The predicted molar refractivity (Wildman–Crippen MR) is 177 cm³/mol. The van der Waals surface area contributed by atoms with Crippen LogP contribution in [0, 0.1) is 50.7 Å². The molecule has 0 aromatic rings. The quantitative estimate of drug-likeness (QED) is 0.220. The fourth-order valence-electron chi connectivity index (χ4n) is 14.9. The van der Waals surface area contributed by atoms with Crippen molar-refractivity contribution in [3.8, 4) is 0 Å². The molecular formula is C39H58O12. The summed E-state index contributed by atoms with van der Waals surface area (Å²) in [5, 5.41) is 32.4. The molecule has 5 saturated carbocycles. The number of carbonyl (C=O) groups is 2. The van der Waals surface area contributed by atoms with E-state index in [1.165, 1.54) is 13.8 Å². The number of hydrogen-bond donors (Lipinski definition) is 3. The first-order chi connectivity index (χ1) is 23.8. The van der Waals surface area contributed by atoms with Gasteiger partial charge in [0.25, 0.3) is 0 Å². The lowest BCUT2D eigenvalue weighted by Gasteiger charge is -2.65. The lowest BCUT2D eigenvalue weighted by Crippen LogP contribution is -2.64. The van der Waals surface area contributed by atoms with E-state index in [1.807, 2.05) is 6.92 Å². The SMILES string of the molecule is CC(=O)O[C@@H]1CO[C@@H](O[C@H]2CC[C@]34C[C@]35C[C@@H](OC(C)=O)[C@]3(C)[C@H]6[C@H](C)C[C@@]7(O[C@H]6C[C@@]3(C)[C@@H]5CC[C@H]4C2(C)C)O[C@H](O)[C@]2(C)O[C@H]72)[C@H](O)[C@H]1O. The molecule has 0 amide bonds. The number of ether oxygens (including phenoxy) is 7. The molecule has 12 nitrogen and oxygen atoms in total. The van der Waals surface area contributed by atoms with Gasteiger partial charge in [0.2, 0.25) is 5.79 Å². The molecule has 0 bridgehead atoms. The lowest BCUT2D eigenvalue weighted by molar-refractivity contribution is -0.346. The van der Waals surface area contributed by atoms with Crippen LogP contribution in [0.15, 0.2) is 0 Å². The monoisotopic (exact) mass is 718 g/mol. The fraction of sp³-hybridized carbons (Fsp3) is 0.949. The largest absolute Gasteiger partial charge is 0.462 e. The van der Waals surface area contributed by atoms with Crippen LogP contribution < -0.4 is 0 Å². The highest BCUT2D eigenvalue weighted by atomic mass is 16.8. The average Bonchev–Trinajstić information content (AvgIpc) is 3.87. The predicted octanol–water partition coefficient (Wildman–Crippen LogP) is 3.60. The normalized spacial score (nSPS) is 60.1. The topological polar surface area (TPSA) is 163 Å². The van der Waals surface area contributed by atoms with E-state index < -0.39 is 48.2 Å². The van der Waals surface area contributed by atoms with Crippen LogP contribution in [-0.4, -0.2) is 101 Å². The van der Waals surface area contributed by atoms with Crippen molar-refractivity contribution in [3.05, 3.63) is 0 Å². The molecule has 0 aromatic carbocycles. The Kier molecular flexibility index (Phi) is 7.40. The summed E-state index contributed by atoms with van der Waals surface area (Å²) in [5.74, 6) is -0.596. The standard InChI is InChI=1S/C39H58O12/c1-18-13-39(31-36(8,50-31)32(44)51-39)49-21-14-34(6)24-10-9-23-33(4,5)25(48-30-29(43)28(42)22(16-45-30)46-19(2)40)11-12-37(23)17-38(24,37)15-26(47-20(3)41)35(34,7)27(18)21/h18,21-32,42-44H,9-17H2,1-8H3/t18-,21+,22-,23+,24+,25+,26-,27+,28+,29-,30+,31+,32+,34+,35-,36-,37-,38+,39-/m1/s1. The molecular weight excluding hydrogens is 660 g/mol. The second-order valence-corrected chi connectivity index (χ2v) is 19.5. The van der Waals surface area contributed by atoms with E-state index in [0.29, 0.717) is 18.3 Å². The molecule has 3 N–H and O–H groups in total. The minimum absolute atomic E-state index is 0.0213. The number of rotatable bonds is 4. The molecule has 4 aliphatic heterocycles. The molecule has 19 atom stereocenters. The first kappa shape index (κ1) is 35.3. The summed E-state index contributed by atoms with van der Waals surface area (Å²) >= 11 is 0. The molecule has 5 aliphatic carbocycles. The zero-order valence-electron chi connectivity index (χ0n) is 31.4. The molecule has 4 heterocycles. The van der Waals surface area contributed by atoms with Gasteiger partial charge in [-0.3, -0.25) is 9.59 Å². The van der Waals surface area contributed by atoms with Crippen LogP contribution >= 0.6 is 0 Å². The number of aliphatic hydroxyl groups is 3. The Bertz CT molecular complexity index is 1500. The van der Waals surface area contributed by atoms with E-state index in [-0.39, 0.29) is 75.9 Å². The molecule has 286 valence electrons. The van der Waals surface area contributed by atoms with E-state index in [9.17, 15) is 24.9 Å². The van der Waals surface area contributed by atoms with Crippen LogP contribution in [0.4, 0.5) is 0 Å². The van der Waals surface area contributed by atoms with Crippen molar-refractivity contribution in [1.82, 2.24) is 0 Å². The van der Waals surface area contributed by atoms with E-state index in [1.54, 1.807) is 0 Å². The number of epoxide rings is 1. The van der Waals surface area contributed by atoms with Crippen LogP contribution in [0.3, 0.4) is 0 Å². The van der Waals surface area contributed by atoms with Gasteiger partial charge in [-0.25, -0.2) is 0 Å². The summed E-state index contributed by atoms with van der Waals surface area (Å²) in [4.78, 5) is 24.4. The number of esters is 2. The maximum absolute atomic E-state index is 12.9. The summed E-state index contributed by atoms with van der Waals surface area (Å²) in [6.07, 6.45) is 0.799. The molecule has 51 heavy (non-hydrogen) atoms. The third-order valence-corrected chi connectivity index (χ3v) is 17.1. The van der Waals surface area contributed by atoms with Gasteiger partial charge in [0.1, 0.15) is 30.0 Å². The number of carbonyl (C=O) groups excluding carboxylic acids is 2. The van der Waals surface area contributed by atoms with Crippen molar-refractivity contribution in [2.45, 2.75) is 173 Å². The zero-order chi connectivity index (χ0) is 36.5. The molecule has 9 aliphatic rings. The highest BCUT2D eigenvalue weighted by molar-refractivity contribution is 5.66. The second kappa shape index (κ2) is 10.7. The Morgan fingerprint density at radius 3 is 2.14 bits per heavy atom. The average molecular weight is 719 g/mol. The first-order valence-corrected chi connectivity index (χ1v) is 19.5. The maximum Gasteiger partial charge on any atom is 0.303 e. The number of hydrogen-bond acceptors (Lipinski definition) is 12. The summed E-state index contributed by atoms with van der Waals surface area (Å²) in [6, 6.07) is 0. The van der Waals surface area contributed by atoms with E-state index in [2.05, 4.69) is 34.6 Å². The van der Waals surface area contributed by atoms with Crippen LogP contribution in [0.2, 0.25) is 0 Å². The minimum atomic E-state index is -1.34. The Morgan fingerprint density at radius 1 is 0.784 bits per heavy atom. The van der Waals surface area contributed by atoms with Crippen molar-refractivity contribution in [3.63, 3.8) is 0 Å². The summed E-state index contributed by atoms with van der Waals surface area (Å²) in [5.41, 5.74) is -1.34. The lowest BCUT2D eigenvalue weighted by atomic mass is 9.41. The number of aliphatic hydroxyl groups excluding tert-OH is 3. The van der Waals surface area contributed by atoms with Gasteiger partial charge >= 0.3 is 11.9 Å². The van der Waals surface area contributed by atoms with Gasteiger partial charge in [0.15, 0.2) is 18.7 Å². The highest BCUT2D eigenvalue weighted by Crippen LogP contribution is 2.89. The van der Waals surface area contributed by atoms with Gasteiger partial charge in [-0.1, -0.05) is 34.6 Å². The Morgan fingerprint density at radius 2 is 1.49 bits per heavy atom. The van der Waals surface area contributed by atoms with Gasteiger partial charge in [0, 0.05) is 25.7 Å². The Hall–Kier alpha value is -1.38. The summed E-state index contributed by atoms with van der Waals surface area (Å²) < 4.78 is 43.3. The molecule has 0 aromatic heterocycles. The van der Waals surface area contributed by atoms with Crippen LogP contribution in [-0.2, 0) is 42.7 Å². The van der Waals surface area contributed by atoms with Crippen LogP contribution in [0.25, 0.3) is 0 Å². The summed E-state index contributed by atoms with van der Waals surface area (Å²) in [6.45, 7) is 16.3. The number of fused-ring (bicyclic) bond motifs is 6. The molecule has 0 unspecified atom stereocenters. The van der Waals surface area contributed by atoms with Crippen molar-refractivity contribution in [1.29, 1.82) is 0 Å². The maximum atomic E-state index is 12.9. The minimum Gasteiger partial charge on any atom is -0.462 e. The molecule has 9 rings (SSSR count). The van der Waals surface area contributed by atoms with Gasteiger partial charge in [-0.05, 0) is 97.2 Å². The van der Waals surface area contributed by atoms with E-state index in [4.69, 9.17) is 33.2 Å². The van der Waals surface area contributed by atoms with Crippen molar-refractivity contribution < 1.29 is 58.1 Å². The molecule has 12 heteroatoms. The highest BCUT2D eigenvalue weighted by Gasteiger charge is 2.87. The Balaban J connectivity index is 0.996. The summed E-state index contributed by atoms with van der Waals surface area (Å²) in [7, 11) is 0. The first-order valence-electron chi connectivity index (χ1n) is 19.5. The van der Waals surface area contributed by atoms with Crippen molar-refractivity contribution in [2.75, 3.05) is 6.61 Å². The molecule has 0 radical (unpaired) electrons. The van der Waals surface area contributed by atoms with Gasteiger partial charge in [0.05, 0.1) is 18.8 Å². The fourth-order valence-corrected chi connectivity index (χ4v) is 14.9. The molecule has 4 saturated heterocycles. The van der Waals surface area contributed by atoms with Gasteiger partial charge in [-0.2, -0.15) is 0 Å². The van der Waals surface area contributed by atoms with Gasteiger partial charge < -0.3 is 48.5 Å². The third kappa shape index (κ3) is 4.31. The van der Waals surface area contributed by atoms with E-state index in [0.717, 1.165) is 44.9 Å². The van der Waals surface area contributed by atoms with Crippen molar-refractivity contribution in [2.24, 2.45) is 50.7 Å². The zero-order valence-corrected chi connectivity index (χ0v) is 31.4. The second-order valence-electron chi connectivity index (χ2n) is 19.5. The van der Waals surface area contributed by atoms with Crippen molar-refractivity contribution >= 4 is 11.9 Å². The molecule has 9 fully saturated rings. The molecule has 3 spiro atoms.